The standard InChI is InChI=1S/C13H19NO2/c1-5-14-13(4,12(15)16)11-7-9(2)6-10(3)8-11/h6-8,14H,5H2,1-4H3,(H,15,16). The Morgan fingerprint density at radius 1 is 1.31 bits per heavy atom. The van der Waals surface area contributed by atoms with Gasteiger partial charge in [-0.25, -0.2) is 4.79 Å². The molecule has 16 heavy (non-hydrogen) atoms. The van der Waals surface area contributed by atoms with Crippen LogP contribution in [-0.4, -0.2) is 17.6 Å². The zero-order valence-electron chi connectivity index (χ0n) is 10.3. The molecule has 0 aromatic heterocycles. The van der Waals surface area contributed by atoms with Crippen molar-refractivity contribution in [2.75, 3.05) is 6.54 Å². The van der Waals surface area contributed by atoms with Crippen molar-refractivity contribution in [1.29, 1.82) is 0 Å². The average Bonchev–Trinajstić information content (AvgIpc) is 2.16. The molecule has 1 aromatic rings. The molecule has 0 radical (unpaired) electrons. The summed E-state index contributed by atoms with van der Waals surface area (Å²) in [6.45, 7) is 8.18. The van der Waals surface area contributed by atoms with Gasteiger partial charge in [-0.1, -0.05) is 36.2 Å². The molecular weight excluding hydrogens is 202 g/mol. The van der Waals surface area contributed by atoms with Crippen molar-refractivity contribution in [2.45, 2.75) is 33.2 Å². The molecule has 0 saturated heterocycles. The first-order chi connectivity index (χ1) is 7.40. The van der Waals surface area contributed by atoms with Crippen molar-refractivity contribution in [3.05, 3.63) is 34.9 Å². The SMILES string of the molecule is CCNC(C)(C(=O)O)c1cc(C)cc(C)c1. The number of hydrogen-bond acceptors (Lipinski definition) is 2. The van der Waals surface area contributed by atoms with Gasteiger partial charge in [0.15, 0.2) is 0 Å². The Bertz CT molecular complexity index is 381. The lowest BCUT2D eigenvalue weighted by Crippen LogP contribution is -2.46. The minimum atomic E-state index is -1.01. The quantitative estimate of drug-likeness (QED) is 0.819. The molecule has 1 aromatic carbocycles. The highest BCUT2D eigenvalue weighted by molar-refractivity contribution is 5.80. The van der Waals surface area contributed by atoms with Gasteiger partial charge in [-0.3, -0.25) is 5.32 Å². The van der Waals surface area contributed by atoms with Crippen molar-refractivity contribution in [1.82, 2.24) is 5.32 Å². The summed E-state index contributed by atoms with van der Waals surface area (Å²) in [5.41, 5.74) is 1.96. The zero-order chi connectivity index (χ0) is 12.3. The van der Waals surface area contributed by atoms with Gasteiger partial charge in [0.05, 0.1) is 0 Å². The molecule has 0 spiro atoms. The molecule has 0 aliphatic heterocycles. The van der Waals surface area contributed by atoms with Crippen molar-refractivity contribution in [2.24, 2.45) is 0 Å². The first-order valence-electron chi connectivity index (χ1n) is 5.47. The van der Waals surface area contributed by atoms with Gasteiger partial charge in [0.2, 0.25) is 0 Å². The Labute approximate surface area is 96.5 Å². The number of carbonyl (C=O) groups is 1. The summed E-state index contributed by atoms with van der Waals surface area (Å²) >= 11 is 0. The third-order valence-electron chi connectivity index (χ3n) is 2.76. The van der Waals surface area contributed by atoms with Crippen LogP contribution in [-0.2, 0) is 10.3 Å². The van der Waals surface area contributed by atoms with Crippen LogP contribution in [0.5, 0.6) is 0 Å². The van der Waals surface area contributed by atoms with Gasteiger partial charge in [0.25, 0.3) is 0 Å². The van der Waals surface area contributed by atoms with E-state index in [0.717, 1.165) is 16.7 Å². The first kappa shape index (κ1) is 12.7. The van der Waals surface area contributed by atoms with Crippen LogP contribution in [0.25, 0.3) is 0 Å². The highest BCUT2D eigenvalue weighted by Crippen LogP contribution is 2.23. The second-order valence-electron chi connectivity index (χ2n) is 4.34. The Kier molecular flexibility index (Phi) is 3.70. The molecular formula is C13H19NO2. The van der Waals surface area contributed by atoms with Crippen LogP contribution in [0, 0.1) is 13.8 Å². The molecule has 0 fully saturated rings. The lowest BCUT2D eigenvalue weighted by atomic mass is 9.89. The van der Waals surface area contributed by atoms with E-state index in [4.69, 9.17) is 0 Å². The van der Waals surface area contributed by atoms with Crippen LogP contribution in [0.3, 0.4) is 0 Å². The Morgan fingerprint density at radius 3 is 2.19 bits per heavy atom. The van der Waals surface area contributed by atoms with E-state index in [1.165, 1.54) is 0 Å². The summed E-state index contributed by atoms with van der Waals surface area (Å²) < 4.78 is 0. The van der Waals surface area contributed by atoms with Crippen molar-refractivity contribution < 1.29 is 9.90 Å². The maximum atomic E-state index is 11.4. The average molecular weight is 221 g/mol. The molecule has 88 valence electrons. The van der Waals surface area contributed by atoms with Gasteiger partial charge < -0.3 is 5.11 Å². The number of carboxylic acid groups (broad SMARTS) is 1. The monoisotopic (exact) mass is 221 g/mol. The number of nitrogens with one attached hydrogen (secondary N) is 1. The van der Waals surface area contributed by atoms with Crippen LogP contribution in [0.4, 0.5) is 0 Å². The highest BCUT2D eigenvalue weighted by Gasteiger charge is 2.34. The largest absolute Gasteiger partial charge is 0.480 e. The summed E-state index contributed by atoms with van der Waals surface area (Å²) in [7, 11) is 0. The molecule has 0 aliphatic carbocycles. The predicted molar refractivity (Wildman–Crippen MR) is 64.6 cm³/mol. The number of carboxylic acids is 1. The summed E-state index contributed by atoms with van der Waals surface area (Å²) in [6, 6.07) is 5.88. The van der Waals surface area contributed by atoms with E-state index < -0.39 is 11.5 Å². The molecule has 2 N–H and O–H groups in total. The van der Waals surface area contributed by atoms with E-state index in [1.807, 2.05) is 39.0 Å². The van der Waals surface area contributed by atoms with Crippen LogP contribution in [0.2, 0.25) is 0 Å². The van der Waals surface area contributed by atoms with Gasteiger partial charge in [-0.15, -0.1) is 0 Å². The smallest absolute Gasteiger partial charge is 0.328 e. The Hall–Kier alpha value is -1.35. The fourth-order valence-electron chi connectivity index (χ4n) is 1.92. The summed E-state index contributed by atoms with van der Waals surface area (Å²) in [4.78, 5) is 11.4. The maximum Gasteiger partial charge on any atom is 0.328 e. The first-order valence-corrected chi connectivity index (χ1v) is 5.47. The summed E-state index contributed by atoms with van der Waals surface area (Å²) in [6.07, 6.45) is 0. The second-order valence-corrected chi connectivity index (χ2v) is 4.34. The third-order valence-corrected chi connectivity index (χ3v) is 2.76. The number of benzene rings is 1. The molecule has 0 saturated carbocycles. The zero-order valence-corrected chi connectivity index (χ0v) is 10.3. The number of hydrogen-bond donors (Lipinski definition) is 2. The van der Waals surface area contributed by atoms with E-state index in [2.05, 4.69) is 5.32 Å². The van der Waals surface area contributed by atoms with E-state index in [9.17, 15) is 9.90 Å². The summed E-state index contributed by atoms with van der Waals surface area (Å²) in [5.74, 6) is -0.848. The molecule has 1 atom stereocenters. The van der Waals surface area contributed by atoms with Crippen LogP contribution >= 0.6 is 0 Å². The van der Waals surface area contributed by atoms with E-state index in [0.29, 0.717) is 6.54 Å². The molecule has 3 nitrogen and oxygen atoms in total. The van der Waals surface area contributed by atoms with E-state index in [-0.39, 0.29) is 0 Å². The lowest BCUT2D eigenvalue weighted by molar-refractivity contribution is -0.144. The van der Waals surface area contributed by atoms with Gasteiger partial charge in [0, 0.05) is 0 Å². The maximum absolute atomic E-state index is 11.4. The fourth-order valence-corrected chi connectivity index (χ4v) is 1.92. The minimum absolute atomic E-state index is 0.621. The topological polar surface area (TPSA) is 49.3 Å². The third kappa shape index (κ3) is 2.42. The summed E-state index contributed by atoms with van der Waals surface area (Å²) in [5, 5.41) is 12.4. The van der Waals surface area contributed by atoms with Crippen LogP contribution in [0.15, 0.2) is 18.2 Å². The van der Waals surface area contributed by atoms with Gasteiger partial charge in [0.1, 0.15) is 5.54 Å². The molecule has 0 bridgehead atoms. The molecule has 0 amide bonds. The molecule has 0 heterocycles. The second kappa shape index (κ2) is 4.66. The minimum Gasteiger partial charge on any atom is -0.480 e. The number of aryl methyl sites for hydroxylation is 2. The van der Waals surface area contributed by atoms with Crippen molar-refractivity contribution >= 4 is 5.97 Å². The number of rotatable bonds is 4. The van der Waals surface area contributed by atoms with Gasteiger partial charge in [-0.05, 0) is 32.9 Å². The lowest BCUT2D eigenvalue weighted by Gasteiger charge is -2.27. The molecule has 1 unspecified atom stereocenters. The normalized spacial score (nSPS) is 14.5. The molecule has 3 heteroatoms. The van der Waals surface area contributed by atoms with Crippen LogP contribution < -0.4 is 5.32 Å². The van der Waals surface area contributed by atoms with Gasteiger partial charge >= 0.3 is 5.97 Å². The van der Waals surface area contributed by atoms with Gasteiger partial charge in [-0.2, -0.15) is 0 Å². The predicted octanol–water partition coefficient (Wildman–Crippen LogP) is 2.21. The number of likely N-dealkylation sites (N-methyl/N-ethyl adjacent to an activating group) is 1. The molecule has 1 rings (SSSR count). The molecule has 0 aliphatic rings. The van der Waals surface area contributed by atoms with E-state index in [1.54, 1.807) is 6.92 Å². The Morgan fingerprint density at radius 2 is 1.81 bits per heavy atom. The highest BCUT2D eigenvalue weighted by atomic mass is 16.4. The van der Waals surface area contributed by atoms with E-state index >= 15 is 0 Å². The number of aliphatic carboxylic acids is 1. The van der Waals surface area contributed by atoms with Crippen molar-refractivity contribution in [3.63, 3.8) is 0 Å². The Balaban J connectivity index is 3.25. The fraction of sp³-hybridized carbons (Fsp3) is 0.462. The van der Waals surface area contributed by atoms with Crippen molar-refractivity contribution in [3.8, 4) is 0 Å². The van der Waals surface area contributed by atoms with Crippen LogP contribution in [0.1, 0.15) is 30.5 Å².